The largest absolute Gasteiger partial charge is 0.307 e. The molecule has 1 aromatic carbocycles. The van der Waals surface area contributed by atoms with E-state index in [4.69, 9.17) is 0 Å². The van der Waals surface area contributed by atoms with Crippen LogP contribution in [0.4, 0.5) is 4.39 Å². The second-order valence-electron chi connectivity index (χ2n) is 6.10. The van der Waals surface area contributed by atoms with E-state index in [0.29, 0.717) is 6.54 Å². The molecule has 1 aliphatic rings. The van der Waals surface area contributed by atoms with Gasteiger partial charge < -0.3 is 5.32 Å². The van der Waals surface area contributed by atoms with Gasteiger partial charge in [-0.2, -0.15) is 5.10 Å². The van der Waals surface area contributed by atoms with Crippen molar-refractivity contribution in [3.63, 3.8) is 0 Å². The summed E-state index contributed by atoms with van der Waals surface area (Å²) in [6, 6.07) is 6.09. The second-order valence-corrected chi connectivity index (χ2v) is 8.71. The molecule has 2 heterocycles. The summed E-state index contributed by atoms with van der Waals surface area (Å²) >= 11 is 0. The van der Waals surface area contributed by atoms with Crippen LogP contribution in [0.3, 0.4) is 0 Å². The van der Waals surface area contributed by atoms with Crippen molar-refractivity contribution in [2.24, 2.45) is 0 Å². The Bertz CT molecular complexity index is 781. The standard InChI is InChI=1S/C15H18FN3O2S/c1-15(2)13(9-22(15,20)21)17-7-11-8-18-19-14(11)10-3-5-12(16)6-4-10/h3-6,8,13,17H,7,9H2,1-2H3,(H,18,19)/t13-/m0/s1. The first-order valence-corrected chi connectivity index (χ1v) is 8.70. The fourth-order valence-corrected chi connectivity index (χ4v) is 4.31. The van der Waals surface area contributed by atoms with Gasteiger partial charge >= 0.3 is 0 Å². The average Bonchev–Trinajstić information content (AvgIpc) is 2.92. The van der Waals surface area contributed by atoms with Crippen LogP contribution in [0.15, 0.2) is 30.5 Å². The lowest BCUT2D eigenvalue weighted by atomic mass is 10.0. The minimum atomic E-state index is -2.99. The van der Waals surface area contributed by atoms with Crippen molar-refractivity contribution >= 4 is 9.84 Å². The van der Waals surface area contributed by atoms with Crippen LogP contribution in [0, 0.1) is 5.82 Å². The van der Waals surface area contributed by atoms with Gasteiger partial charge in [-0.1, -0.05) is 0 Å². The molecule has 0 aliphatic carbocycles. The van der Waals surface area contributed by atoms with Gasteiger partial charge in [0.2, 0.25) is 0 Å². The number of aromatic amines is 1. The predicted molar refractivity (Wildman–Crippen MR) is 82.5 cm³/mol. The summed E-state index contributed by atoms with van der Waals surface area (Å²) in [6.07, 6.45) is 1.70. The fraction of sp³-hybridized carbons (Fsp3) is 0.400. The Kier molecular flexibility index (Phi) is 3.57. The van der Waals surface area contributed by atoms with Crippen LogP contribution < -0.4 is 5.32 Å². The van der Waals surface area contributed by atoms with E-state index in [2.05, 4.69) is 15.5 Å². The van der Waals surface area contributed by atoms with Crippen LogP contribution >= 0.6 is 0 Å². The summed E-state index contributed by atoms with van der Waals surface area (Å²) < 4.78 is 35.7. The lowest BCUT2D eigenvalue weighted by Gasteiger charge is -2.44. The smallest absolute Gasteiger partial charge is 0.158 e. The van der Waals surface area contributed by atoms with Gasteiger partial charge in [0.25, 0.3) is 0 Å². The van der Waals surface area contributed by atoms with Gasteiger partial charge in [-0.3, -0.25) is 5.10 Å². The van der Waals surface area contributed by atoms with Gasteiger partial charge in [0.1, 0.15) is 5.82 Å². The normalized spacial score (nSPS) is 22.2. The van der Waals surface area contributed by atoms with Crippen LogP contribution in [-0.4, -0.2) is 35.2 Å². The van der Waals surface area contributed by atoms with E-state index in [-0.39, 0.29) is 17.6 Å². The van der Waals surface area contributed by atoms with Crippen molar-refractivity contribution in [2.75, 3.05) is 5.75 Å². The Morgan fingerprint density at radius 1 is 1.36 bits per heavy atom. The summed E-state index contributed by atoms with van der Waals surface area (Å²) in [5, 5.41) is 10.2. The lowest BCUT2D eigenvalue weighted by Crippen LogP contribution is -2.65. The molecule has 22 heavy (non-hydrogen) atoms. The first-order chi connectivity index (χ1) is 10.3. The van der Waals surface area contributed by atoms with Gasteiger partial charge in [-0.15, -0.1) is 0 Å². The summed E-state index contributed by atoms with van der Waals surface area (Å²) in [6.45, 7) is 3.98. The number of nitrogens with zero attached hydrogens (tertiary/aromatic N) is 1. The summed E-state index contributed by atoms with van der Waals surface area (Å²) in [5.41, 5.74) is 2.58. The van der Waals surface area contributed by atoms with Crippen molar-refractivity contribution in [3.05, 3.63) is 41.8 Å². The quantitative estimate of drug-likeness (QED) is 0.901. The number of benzene rings is 1. The first kappa shape index (κ1) is 15.2. The molecule has 0 unspecified atom stereocenters. The Labute approximate surface area is 128 Å². The molecule has 0 bridgehead atoms. The molecule has 0 saturated carbocycles. The highest BCUT2D eigenvalue weighted by Crippen LogP contribution is 2.33. The maximum Gasteiger partial charge on any atom is 0.158 e. The molecule has 0 radical (unpaired) electrons. The molecule has 1 fully saturated rings. The summed E-state index contributed by atoms with van der Waals surface area (Å²) in [4.78, 5) is 0. The number of aromatic nitrogens is 2. The molecule has 7 heteroatoms. The molecule has 1 saturated heterocycles. The van der Waals surface area contributed by atoms with Crippen molar-refractivity contribution < 1.29 is 12.8 Å². The Balaban J connectivity index is 1.73. The number of hydrogen-bond donors (Lipinski definition) is 2. The average molecular weight is 323 g/mol. The first-order valence-electron chi connectivity index (χ1n) is 7.05. The van der Waals surface area contributed by atoms with Gasteiger partial charge in [-0.25, -0.2) is 12.8 Å². The molecule has 0 spiro atoms. The van der Waals surface area contributed by atoms with E-state index in [1.165, 1.54) is 12.1 Å². The number of rotatable bonds is 4. The van der Waals surface area contributed by atoms with Crippen molar-refractivity contribution in [2.45, 2.75) is 31.2 Å². The summed E-state index contributed by atoms with van der Waals surface area (Å²) in [5.74, 6) is -0.131. The van der Waals surface area contributed by atoms with E-state index in [1.54, 1.807) is 32.2 Å². The molecule has 0 amide bonds. The van der Waals surface area contributed by atoms with Crippen molar-refractivity contribution in [1.82, 2.24) is 15.5 Å². The highest BCUT2D eigenvalue weighted by Gasteiger charge is 2.53. The zero-order valence-electron chi connectivity index (χ0n) is 12.4. The van der Waals surface area contributed by atoms with Crippen LogP contribution in [0.2, 0.25) is 0 Å². The molecule has 118 valence electrons. The lowest BCUT2D eigenvalue weighted by molar-refractivity contribution is 0.384. The predicted octanol–water partition coefficient (Wildman–Crippen LogP) is 1.88. The van der Waals surface area contributed by atoms with Gasteiger partial charge in [0.15, 0.2) is 9.84 Å². The number of halogens is 1. The van der Waals surface area contributed by atoms with Crippen molar-refractivity contribution in [3.8, 4) is 11.3 Å². The van der Waals surface area contributed by atoms with E-state index >= 15 is 0 Å². The third kappa shape index (κ3) is 2.44. The maximum atomic E-state index is 13.0. The Hall–Kier alpha value is -1.73. The van der Waals surface area contributed by atoms with E-state index in [0.717, 1.165) is 16.8 Å². The summed E-state index contributed by atoms with van der Waals surface area (Å²) in [7, 11) is -2.99. The molecule has 1 aromatic heterocycles. The Morgan fingerprint density at radius 2 is 2.05 bits per heavy atom. The number of sulfone groups is 1. The highest BCUT2D eigenvalue weighted by atomic mass is 32.2. The molecule has 2 N–H and O–H groups in total. The minimum absolute atomic E-state index is 0.0755. The second kappa shape index (κ2) is 5.17. The van der Waals surface area contributed by atoms with E-state index in [9.17, 15) is 12.8 Å². The molecule has 2 aromatic rings. The van der Waals surface area contributed by atoms with Crippen LogP contribution in [0.25, 0.3) is 11.3 Å². The van der Waals surface area contributed by atoms with E-state index < -0.39 is 14.6 Å². The maximum absolute atomic E-state index is 13.0. The van der Waals surface area contributed by atoms with Gasteiger partial charge in [0.05, 0.1) is 22.4 Å². The van der Waals surface area contributed by atoms with Crippen molar-refractivity contribution in [1.29, 1.82) is 0 Å². The molecule has 3 rings (SSSR count). The zero-order valence-corrected chi connectivity index (χ0v) is 13.2. The Morgan fingerprint density at radius 3 is 2.64 bits per heavy atom. The van der Waals surface area contributed by atoms with Crippen LogP contribution in [0.1, 0.15) is 19.4 Å². The SMILES string of the molecule is CC1(C)[C@@H](NCc2cn[nH]c2-c2ccc(F)cc2)CS1(=O)=O. The topological polar surface area (TPSA) is 74.8 Å². The highest BCUT2D eigenvalue weighted by molar-refractivity contribution is 7.94. The molecule has 1 atom stereocenters. The fourth-order valence-electron chi connectivity index (χ4n) is 2.60. The van der Waals surface area contributed by atoms with Crippen LogP contribution in [0.5, 0.6) is 0 Å². The number of H-pyrrole nitrogens is 1. The molecular weight excluding hydrogens is 305 g/mol. The van der Waals surface area contributed by atoms with E-state index in [1.807, 2.05) is 0 Å². The van der Waals surface area contributed by atoms with Gasteiger partial charge in [0, 0.05) is 23.7 Å². The number of hydrogen-bond acceptors (Lipinski definition) is 4. The zero-order chi connectivity index (χ0) is 16.0. The minimum Gasteiger partial charge on any atom is -0.307 e. The molecular formula is C15H18FN3O2S. The number of nitrogens with one attached hydrogen (secondary N) is 2. The van der Waals surface area contributed by atoms with Crippen LogP contribution in [-0.2, 0) is 16.4 Å². The third-order valence-electron chi connectivity index (χ3n) is 4.42. The molecule has 1 aliphatic heterocycles. The third-order valence-corrected chi connectivity index (χ3v) is 7.08. The molecule has 5 nitrogen and oxygen atoms in total. The van der Waals surface area contributed by atoms with Gasteiger partial charge in [-0.05, 0) is 38.1 Å². The monoisotopic (exact) mass is 323 g/mol.